The minimum atomic E-state index is 0.137. The molecule has 0 saturated carbocycles. The van der Waals surface area contributed by atoms with Crippen LogP contribution in [0.1, 0.15) is 12.5 Å². The van der Waals surface area contributed by atoms with E-state index in [4.69, 9.17) is 24.2 Å². The predicted molar refractivity (Wildman–Crippen MR) is 64.3 cm³/mol. The highest BCUT2D eigenvalue weighted by Crippen LogP contribution is 2.49. The van der Waals surface area contributed by atoms with Crippen LogP contribution in [0.5, 0.6) is 23.0 Å². The van der Waals surface area contributed by atoms with Gasteiger partial charge in [0, 0.05) is 12.0 Å². The summed E-state index contributed by atoms with van der Waals surface area (Å²) in [5.41, 5.74) is 1.38. The molecular formula is C12H15NO5. The zero-order valence-corrected chi connectivity index (χ0v) is 10.5. The molecule has 0 unspecified atom stereocenters. The third kappa shape index (κ3) is 2.01. The third-order valence-electron chi connectivity index (χ3n) is 2.68. The Bertz CT molecular complexity index is 484. The van der Waals surface area contributed by atoms with Crippen molar-refractivity contribution < 1.29 is 24.2 Å². The summed E-state index contributed by atoms with van der Waals surface area (Å²) in [6.07, 6.45) is 0.437. The second-order valence-electron chi connectivity index (χ2n) is 3.85. The van der Waals surface area contributed by atoms with E-state index in [2.05, 4.69) is 5.16 Å². The van der Waals surface area contributed by atoms with E-state index in [1.807, 2.05) is 0 Å². The van der Waals surface area contributed by atoms with E-state index < -0.39 is 0 Å². The maximum atomic E-state index is 8.74. The van der Waals surface area contributed by atoms with Crippen LogP contribution < -0.4 is 18.9 Å². The smallest absolute Gasteiger partial charge is 0.231 e. The zero-order valence-electron chi connectivity index (χ0n) is 10.5. The van der Waals surface area contributed by atoms with Crippen LogP contribution in [0, 0.1) is 0 Å². The highest BCUT2D eigenvalue weighted by Gasteiger charge is 2.27. The lowest BCUT2D eigenvalue weighted by Crippen LogP contribution is -2.02. The Hall–Kier alpha value is -2.11. The number of benzene rings is 1. The van der Waals surface area contributed by atoms with Crippen molar-refractivity contribution in [3.8, 4) is 23.0 Å². The Morgan fingerprint density at radius 1 is 1.33 bits per heavy atom. The average Bonchev–Trinajstić information content (AvgIpc) is 2.86. The number of hydrogen-bond acceptors (Lipinski definition) is 6. The van der Waals surface area contributed by atoms with Gasteiger partial charge in [0.15, 0.2) is 11.5 Å². The molecule has 0 spiro atoms. The molecule has 1 aliphatic rings. The van der Waals surface area contributed by atoms with Crippen LogP contribution in [0.3, 0.4) is 0 Å². The van der Waals surface area contributed by atoms with Crippen LogP contribution in [0.4, 0.5) is 0 Å². The van der Waals surface area contributed by atoms with E-state index in [9.17, 15) is 0 Å². The van der Waals surface area contributed by atoms with E-state index >= 15 is 0 Å². The van der Waals surface area contributed by atoms with Crippen molar-refractivity contribution in [3.63, 3.8) is 0 Å². The fraction of sp³-hybridized carbons (Fsp3) is 0.417. The summed E-state index contributed by atoms with van der Waals surface area (Å²) in [5.74, 6) is 2.21. The van der Waals surface area contributed by atoms with Gasteiger partial charge in [0.05, 0.1) is 19.9 Å². The third-order valence-corrected chi connectivity index (χ3v) is 2.68. The normalized spacial score (nSPS) is 13.6. The van der Waals surface area contributed by atoms with Gasteiger partial charge in [-0.25, -0.2) is 0 Å². The van der Waals surface area contributed by atoms with E-state index in [1.165, 1.54) is 0 Å². The summed E-state index contributed by atoms with van der Waals surface area (Å²) in [5, 5.41) is 11.9. The molecule has 6 heteroatoms. The number of hydrogen-bond donors (Lipinski definition) is 1. The number of fused-ring (bicyclic) bond motifs is 1. The van der Waals surface area contributed by atoms with Gasteiger partial charge in [-0.05, 0) is 13.0 Å². The molecule has 1 aliphatic heterocycles. The van der Waals surface area contributed by atoms with Crippen molar-refractivity contribution in [1.82, 2.24) is 0 Å². The van der Waals surface area contributed by atoms with Crippen molar-refractivity contribution in [2.45, 2.75) is 13.3 Å². The Balaban J connectivity index is 2.51. The summed E-state index contributed by atoms with van der Waals surface area (Å²) in [7, 11) is 3.11. The number of ether oxygens (including phenoxy) is 4. The topological polar surface area (TPSA) is 69.5 Å². The van der Waals surface area contributed by atoms with Crippen molar-refractivity contribution in [3.05, 3.63) is 11.6 Å². The lowest BCUT2D eigenvalue weighted by Gasteiger charge is -2.13. The Labute approximate surface area is 105 Å². The maximum absolute atomic E-state index is 8.74. The van der Waals surface area contributed by atoms with E-state index in [-0.39, 0.29) is 6.79 Å². The molecule has 1 aromatic rings. The first kappa shape index (κ1) is 12.3. The van der Waals surface area contributed by atoms with Gasteiger partial charge in [-0.15, -0.1) is 0 Å². The Morgan fingerprint density at radius 2 is 2.06 bits per heavy atom. The summed E-state index contributed by atoms with van der Waals surface area (Å²) in [4.78, 5) is 0. The van der Waals surface area contributed by atoms with Gasteiger partial charge < -0.3 is 24.2 Å². The van der Waals surface area contributed by atoms with Crippen LogP contribution in [0.15, 0.2) is 11.2 Å². The molecule has 0 amide bonds. The van der Waals surface area contributed by atoms with Crippen molar-refractivity contribution in [2.75, 3.05) is 21.0 Å². The van der Waals surface area contributed by atoms with Gasteiger partial charge in [0.1, 0.15) is 0 Å². The van der Waals surface area contributed by atoms with Crippen LogP contribution in [0.2, 0.25) is 0 Å². The SMILES string of the molecule is COc1cc(C/C(C)=N/O)c(OC)c2c1OCO2. The highest BCUT2D eigenvalue weighted by molar-refractivity contribution is 5.85. The van der Waals surface area contributed by atoms with Crippen molar-refractivity contribution >= 4 is 5.71 Å². The van der Waals surface area contributed by atoms with Crippen LogP contribution in [-0.4, -0.2) is 31.9 Å². The Kier molecular flexibility index (Phi) is 3.45. The second kappa shape index (κ2) is 5.03. The molecule has 1 N–H and O–H groups in total. The molecule has 0 radical (unpaired) electrons. The van der Waals surface area contributed by atoms with E-state index in [1.54, 1.807) is 27.2 Å². The van der Waals surface area contributed by atoms with Gasteiger partial charge in [-0.2, -0.15) is 0 Å². The average molecular weight is 253 g/mol. The van der Waals surface area contributed by atoms with Crippen LogP contribution >= 0.6 is 0 Å². The van der Waals surface area contributed by atoms with E-state index in [0.717, 1.165) is 5.56 Å². The molecular weight excluding hydrogens is 238 g/mol. The quantitative estimate of drug-likeness (QED) is 0.503. The monoisotopic (exact) mass is 253 g/mol. The molecule has 98 valence electrons. The standard InChI is InChI=1S/C12H15NO5/c1-7(13-14)4-8-5-9(15-2)11-12(10(8)16-3)18-6-17-11/h5,14H,4,6H2,1-3H3/b13-7+. The first-order chi connectivity index (χ1) is 8.71. The zero-order chi connectivity index (χ0) is 13.1. The minimum Gasteiger partial charge on any atom is -0.493 e. The molecule has 18 heavy (non-hydrogen) atoms. The van der Waals surface area contributed by atoms with Gasteiger partial charge in [0.25, 0.3) is 0 Å². The first-order valence-corrected chi connectivity index (χ1v) is 5.42. The van der Waals surface area contributed by atoms with Crippen molar-refractivity contribution in [2.24, 2.45) is 5.16 Å². The first-order valence-electron chi connectivity index (χ1n) is 5.42. The van der Waals surface area contributed by atoms with Crippen molar-refractivity contribution in [1.29, 1.82) is 0 Å². The summed E-state index contributed by atoms with van der Waals surface area (Å²) in [6, 6.07) is 1.79. The lowest BCUT2D eigenvalue weighted by molar-refractivity contribution is 0.168. The molecule has 0 aliphatic carbocycles. The fourth-order valence-corrected chi connectivity index (χ4v) is 1.88. The minimum absolute atomic E-state index is 0.137. The fourth-order valence-electron chi connectivity index (χ4n) is 1.88. The highest BCUT2D eigenvalue weighted by atomic mass is 16.7. The van der Waals surface area contributed by atoms with Gasteiger partial charge in [0.2, 0.25) is 18.3 Å². The van der Waals surface area contributed by atoms with Crippen LogP contribution in [-0.2, 0) is 6.42 Å². The molecule has 0 bridgehead atoms. The van der Waals surface area contributed by atoms with E-state index in [0.29, 0.717) is 35.1 Å². The summed E-state index contributed by atoms with van der Waals surface area (Å²) in [6.45, 7) is 1.86. The van der Waals surface area contributed by atoms with Gasteiger partial charge >= 0.3 is 0 Å². The maximum Gasteiger partial charge on any atom is 0.231 e. The van der Waals surface area contributed by atoms with Crippen LogP contribution in [0.25, 0.3) is 0 Å². The van der Waals surface area contributed by atoms with Gasteiger partial charge in [-0.3, -0.25) is 0 Å². The Morgan fingerprint density at radius 3 is 2.67 bits per heavy atom. The lowest BCUT2D eigenvalue weighted by atomic mass is 10.1. The molecule has 0 aromatic heterocycles. The predicted octanol–water partition coefficient (Wildman–Crippen LogP) is 1.83. The largest absolute Gasteiger partial charge is 0.493 e. The molecule has 0 fully saturated rings. The molecule has 6 nitrogen and oxygen atoms in total. The molecule has 1 aromatic carbocycles. The number of rotatable bonds is 4. The molecule has 0 saturated heterocycles. The van der Waals surface area contributed by atoms with Gasteiger partial charge in [-0.1, -0.05) is 5.16 Å². The molecule has 0 atom stereocenters. The number of nitrogens with zero attached hydrogens (tertiary/aromatic N) is 1. The summed E-state index contributed by atoms with van der Waals surface area (Å²) < 4.78 is 21.3. The molecule has 2 rings (SSSR count). The summed E-state index contributed by atoms with van der Waals surface area (Å²) >= 11 is 0. The number of methoxy groups -OCH3 is 2. The number of oxime groups is 1. The molecule has 1 heterocycles. The second-order valence-corrected chi connectivity index (χ2v) is 3.85.